The van der Waals surface area contributed by atoms with E-state index in [0.29, 0.717) is 11.3 Å². The van der Waals surface area contributed by atoms with E-state index in [0.717, 1.165) is 10.0 Å². The third-order valence-electron chi connectivity index (χ3n) is 2.55. The Kier molecular flexibility index (Phi) is 3.93. The molecule has 0 spiro atoms. The van der Waals surface area contributed by atoms with E-state index in [1.54, 1.807) is 6.07 Å². The van der Waals surface area contributed by atoms with Gasteiger partial charge in [0.1, 0.15) is 5.69 Å². The van der Waals surface area contributed by atoms with Crippen LogP contribution in [0, 0.1) is 18.3 Å². The fourth-order valence-electron chi connectivity index (χ4n) is 1.49. The minimum absolute atomic E-state index is 0.218. The fourth-order valence-corrected chi connectivity index (χ4v) is 1.87. The number of amides is 1. The quantitative estimate of drug-likeness (QED) is 0.924. The van der Waals surface area contributed by atoms with Crippen LogP contribution in [0.4, 0.5) is 5.69 Å². The molecule has 0 atom stereocenters. The summed E-state index contributed by atoms with van der Waals surface area (Å²) in [5, 5.41) is 11.5. The average Bonchev–Trinajstić information content (AvgIpc) is 2.43. The Morgan fingerprint density at radius 1 is 1.37 bits per heavy atom. The van der Waals surface area contributed by atoms with Gasteiger partial charge in [0, 0.05) is 16.4 Å². The van der Waals surface area contributed by atoms with Crippen molar-refractivity contribution in [3.05, 3.63) is 57.8 Å². The number of nitrogens with one attached hydrogen (secondary N) is 1. The molecular formula is C14H10BrN3O. The molecule has 2 aromatic rings. The number of anilines is 1. The molecule has 0 bridgehead atoms. The summed E-state index contributed by atoms with van der Waals surface area (Å²) in [6, 6.07) is 10.5. The highest BCUT2D eigenvalue weighted by Crippen LogP contribution is 2.20. The second-order valence-corrected chi connectivity index (χ2v) is 4.81. The van der Waals surface area contributed by atoms with Gasteiger partial charge in [-0.05, 0) is 36.8 Å². The van der Waals surface area contributed by atoms with Crippen LogP contribution in [0.5, 0.6) is 0 Å². The molecule has 1 aromatic heterocycles. The number of aryl methyl sites for hydroxylation is 1. The summed E-state index contributed by atoms with van der Waals surface area (Å²) in [7, 11) is 0. The lowest BCUT2D eigenvalue weighted by Gasteiger charge is -2.06. The Morgan fingerprint density at radius 3 is 2.84 bits per heavy atom. The summed E-state index contributed by atoms with van der Waals surface area (Å²) in [6.07, 6.45) is 1.44. The van der Waals surface area contributed by atoms with Gasteiger partial charge < -0.3 is 5.32 Å². The van der Waals surface area contributed by atoms with E-state index in [1.807, 2.05) is 31.2 Å². The van der Waals surface area contributed by atoms with Crippen LogP contribution < -0.4 is 5.32 Å². The van der Waals surface area contributed by atoms with Crippen LogP contribution >= 0.6 is 15.9 Å². The average molecular weight is 316 g/mol. The summed E-state index contributed by atoms with van der Waals surface area (Å²) >= 11 is 3.41. The highest BCUT2D eigenvalue weighted by molar-refractivity contribution is 9.10. The molecule has 0 aliphatic rings. The lowest BCUT2D eigenvalue weighted by Crippen LogP contribution is -2.13. The van der Waals surface area contributed by atoms with Gasteiger partial charge in [0.25, 0.3) is 5.91 Å². The number of carbonyl (C=O) groups excluding carboxylic acids is 1. The lowest BCUT2D eigenvalue weighted by molar-refractivity contribution is 0.102. The molecule has 2 rings (SSSR count). The summed E-state index contributed by atoms with van der Waals surface area (Å²) in [6.45, 7) is 1.97. The van der Waals surface area contributed by atoms with Crippen LogP contribution in [0.1, 0.15) is 21.6 Å². The first-order valence-corrected chi connectivity index (χ1v) is 6.33. The van der Waals surface area contributed by atoms with Gasteiger partial charge in [-0.2, -0.15) is 5.26 Å². The SMILES string of the molecule is Cc1ccc(NC(=O)c2cc(C#N)ccn2)cc1Br. The number of hydrogen-bond donors (Lipinski definition) is 1. The van der Waals surface area contributed by atoms with Crippen molar-refractivity contribution in [1.82, 2.24) is 4.98 Å². The minimum atomic E-state index is -0.340. The van der Waals surface area contributed by atoms with Crippen LogP contribution in [0.25, 0.3) is 0 Å². The first-order valence-electron chi connectivity index (χ1n) is 5.54. The molecule has 1 heterocycles. The van der Waals surface area contributed by atoms with E-state index in [9.17, 15) is 4.79 Å². The van der Waals surface area contributed by atoms with E-state index < -0.39 is 0 Å². The first kappa shape index (κ1) is 13.2. The Labute approximate surface area is 119 Å². The number of halogens is 1. The van der Waals surface area contributed by atoms with Crippen molar-refractivity contribution in [3.63, 3.8) is 0 Å². The Hall–Kier alpha value is -2.19. The molecule has 0 aliphatic heterocycles. The van der Waals surface area contributed by atoms with Gasteiger partial charge in [-0.15, -0.1) is 0 Å². The number of pyridine rings is 1. The van der Waals surface area contributed by atoms with E-state index in [2.05, 4.69) is 26.2 Å². The fraction of sp³-hybridized carbons (Fsp3) is 0.0714. The molecule has 1 aromatic carbocycles. The molecule has 19 heavy (non-hydrogen) atoms. The topological polar surface area (TPSA) is 65.8 Å². The van der Waals surface area contributed by atoms with Crippen LogP contribution in [0.15, 0.2) is 41.0 Å². The van der Waals surface area contributed by atoms with Crippen LogP contribution in [0.2, 0.25) is 0 Å². The standard InChI is InChI=1S/C14H10BrN3O/c1-9-2-3-11(7-12(9)15)18-14(19)13-6-10(8-16)4-5-17-13/h2-7H,1H3,(H,18,19). The molecule has 0 aliphatic carbocycles. The van der Waals surface area contributed by atoms with Gasteiger partial charge in [-0.25, -0.2) is 0 Å². The third-order valence-corrected chi connectivity index (χ3v) is 3.41. The smallest absolute Gasteiger partial charge is 0.274 e. The molecule has 0 unspecified atom stereocenters. The molecular weight excluding hydrogens is 306 g/mol. The molecule has 1 amide bonds. The van der Waals surface area contributed by atoms with Crippen molar-refractivity contribution in [1.29, 1.82) is 5.26 Å². The summed E-state index contributed by atoms with van der Waals surface area (Å²) in [4.78, 5) is 15.9. The van der Waals surface area contributed by atoms with Crippen molar-refractivity contribution >= 4 is 27.5 Å². The van der Waals surface area contributed by atoms with E-state index in [1.165, 1.54) is 12.3 Å². The molecule has 0 saturated carbocycles. The largest absolute Gasteiger partial charge is 0.321 e. The third kappa shape index (κ3) is 3.18. The van der Waals surface area contributed by atoms with Crippen molar-refractivity contribution in [2.45, 2.75) is 6.92 Å². The number of nitriles is 1. The molecule has 4 nitrogen and oxygen atoms in total. The maximum Gasteiger partial charge on any atom is 0.274 e. The highest BCUT2D eigenvalue weighted by atomic mass is 79.9. The number of benzene rings is 1. The zero-order valence-electron chi connectivity index (χ0n) is 10.1. The van der Waals surface area contributed by atoms with Crippen molar-refractivity contribution < 1.29 is 4.79 Å². The monoisotopic (exact) mass is 315 g/mol. The van der Waals surface area contributed by atoms with E-state index in [-0.39, 0.29) is 11.6 Å². The van der Waals surface area contributed by atoms with Crippen LogP contribution in [-0.4, -0.2) is 10.9 Å². The molecule has 1 N–H and O–H groups in total. The van der Waals surface area contributed by atoms with Gasteiger partial charge in [0.15, 0.2) is 0 Å². The number of aromatic nitrogens is 1. The van der Waals surface area contributed by atoms with Gasteiger partial charge in [-0.1, -0.05) is 22.0 Å². The number of hydrogen-bond acceptors (Lipinski definition) is 3. The van der Waals surface area contributed by atoms with Gasteiger partial charge in [-0.3, -0.25) is 9.78 Å². The van der Waals surface area contributed by atoms with E-state index in [4.69, 9.17) is 5.26 Å². The first-order chi connectivity index (χ1) is 9.10. The van der Waals surface area contributed by atoms with Crippen molar-refractivity contribution in [3.8, 4) is 6.07 Å². The minimum Gasteiger partial charge on any atom is -0.321 e. The predicted octanol–water partition coefficient (Wildman–Crippen LogP) is 3.28. The highest BCUT2D eigenvalue weighted by Gasteiger charge is 2.09. The van der Waals surface area contributed by atoms with E-state index >= 15 is 0 Å². The molecule has 94 valence electrons. The molecule has 0 radical (unpaired) electrons. The molecule has 0 fully saturated rings. The Bertz CT molecular complexity index is 677. The second-order valence-electron chi connectivity index (χ2n) is 3.96. The summed E-state index contributed by atoms with van der Waals surface area (Å²) in [5.41, 5.74) is 2.38. The zero-order valence-corrected chi connectivity index (χ0v) is 11.7. The van der Waals surface area contributed by atoms with Gasteiger partial charge in [0.05, 0.1) is 11.6 Å². The number of carbonyl (C=O) groups is 1. The number of rotatable bonds is 2. The normalized spacial score (nSPS) is 9.74. The summed E-state index contributed by atoms with van der Waals surface area (Å²) < 4.78 is 0.920. The van der Waals surface area contributed by atoms with Crippen LogP contribution in [0.3, 0.4) is 0 Å². The van der Waals surface area contributed by atoms with Crippen molar-refractivity contribution in [2.24, 2.45) is 0 Å². The van der Waals surface area contributed by atoms with Gasteiger partial charge in [0.2, 0.25) is 0 Å². The predicted molar refractivity (Wildman–Crippen MR) is 75.8 cm³/mol. The molecule has 5 heteroatoms. The van der Waals surface area contributed by atoms with Gasteiger partial charge >= 0.3 is 0 Å². The summed E-state index contributed by atoms with van der Waals surface area (Å²) in [5.74, 6) is -0.340. The van der Waals surface area contributed by atoms with Crippen molar-refractivity contribution in [2.75, 3.05) is 5.32 Å². The Morgan fingerprint density at radius 2 is 2.16 bits per heavy atom. The lowest BCUT2D eigenvalue weighted by atomic mass is 10.2. The van der Waals surface area contributed by atoms with Crippen LogP contribution in [-0.2, 0) is 0 Å². The second kappa shape index (κ2) is 5.63. The maximum absolute atomic E-state index is 12.0. The number of nitrogens with zero attached hydrogens (tertiary/aromatic N) is 2. The molecule has 0 saturated heterocycles. The maximum atomic E-state index is 12.0. The zero-order chi connectivity index (χ0) is 13.8. The Balaban J connectivity index is 2.21.